The summed E-state index contributed by atoms with van der Waals surface area (Å²) in [5.74, 6) is 0.486. The van der Waals surface area contributed by atoms with Crippen LogP contribution in [0.3, 0.4) is 0 Å². The monoisotopic (exact) mass is 314 g/mol. The Morgan fingerprint density at radius 2 is 1.48 bits per heavy atom. The molecule has 0 aliphatic heterocycles. The zero-order chi connectivity index (χ0) is 16.8. The quantitative estimate of drug-likeness (QED) is 0.889. The van der Waals surface area contributed by atoms with Crippen molar-refractivity contribution in [2.45, 2.75) is 6.92 Å². The number of carbonyl (C=O) groups is 2. The number of hydrogen-bond acceptors (Lipinski definition) is 4. The maximum atomic E-state index is 12.4. The maximum Gasteiger partial charge on any atom is 0.255 e. The van der Waals surface area contributed by atoms with Gasteiger partial charge in [0.1, 0.15) is 0 Å². The number of para-hydroxylation sites is 2. The number of nitrogens with one attached hydrogen (secondary N) is 2. The minimum absolute atomic E-state index is 0.210. The highest BCUT2D eigenvalue weighted by Gasteiger charge is 2.12. The van der Waals surface area contributed by atoms with Gasteiger partial charge in [0, 0.05) is 12.5 Å². The minimum Gasteiger partial charge on any atom is -0.493 e. The predicted molar refractivity (Wildman–Crippen MR) is 88.2 cm³/mol. The lowest BCUT2D eigenvalue weighted by Gasteiger charge is -2.12. The van der Waals surface area contributed by atoms with Gasteiger partial charge in [-0.3, -0.25) is 9.59 Å². The number of methoxy groups -OCH3 is 2. The van der Waals surface area contributed by atoms with Crippen LogP contribution in [-0.4, -0.2) is 26.0 Å². The van der Waals surface area contributed by atoms with Crippen molar-refractivity contribution in [3.8, 4) is 11.5 Å². The zero-order valence-corrected chi connectivity index (χ0v) is 13.2. The second kappa shape index (κ2) is 7.31. The van der Waals surface area contributed by atoms with E-state index in [9.17, 15) is 9.59 Å². The first kappa shape index (κ1) is 16.4. The highest BCUT2D eigenvalue weighted by molar-refractivity contribution is 6.07. The van der Waals surface area contributed by atoms with E-state index in [1.54, 1.807) is 42.5 Å². The summed E-state index contributed by atoms with van der Waals surface area (Å²) in [5, 5.41) is 5.44. The normalized spacial score (nSPS) is 9.87. The van der Waals surface area contributed by atoms with Gasteiger partial charge in [-0.05, 0) is 30.3 Å². The van der Waals surface area contributed by atoms with Gasteiger partial charge in [-0.1, -0.05) is 12.1 Å². The van der Waals surface area contributed by atoms with E-state index in [0.717, 1.165) is 0 Å². The van der Waals surface area contributed by atoms with Crippen molar-refractivity contribution >= 4 is 23.2 Å². The molecule has 0 bridgehead atoms. The standard InChI is InChI=1S/C17H18N2O4/c1-11(20)18-13-6-4-5-7-14(13)19-17(21)12-8-9-15(22-2)16(10-12)23-3/h4-10H,1-3H3,(H,18,20)(H,19,21). The van der Waals surface area contributed by atoms with Crippen molar-refractivity contribution in [3.05, 3.63) is 48.0 Å². The maximum absolute atomic E-state index is 12.4. The average Bonchev–Trinajstić information content (AvgIpc) is 2.55. The molecule has 0 saturated carbocycles. The molecule has 6 heteroatoms. The zero-order valence-electron chi connectivity index (χ0n) is 13.2. The second-order valence-corrected chi connectivity index (χ2v) is 4.75. The third-order valence-corrected chi connectivity index (χ3v) is 3.13. The van der Waals surface area contributed by atoms with Crippen LogP contribution in [0, 0.1) is 0 Å². The summed E-state index contributed by atoms with van der Waals surface area (Å²) in [4.78, 5) is 23.6. The first-order chi connectivity index (χ1) is 11.0. The van der Waals surface area contributed by atoms with Crippen LogP contribution < -0.4 is 20.1 Å². The van der Waals surface area contributed by atoms with E-state index in [1.165, 1.54) is 21.1 Å². The number of amides is 2. The van der Waals surface area contributed by atoms with Gasteiger partial charge < -0.3 is 20.1 Å². The SMILES string of the molecule is COc1ccc(C(=O)Nc2ccccc2NC(C)=O)cc1OC. The molecule has 0 unspecified atom stereocenters. The van der Waals surface area contributed by atoms with Crippen LogP contribution in [0.4, 0.5) is 11.4 Å². The van der Waals surface area contributed by atoms with Crippen LogP contribution in [0.15, 0.2) is 42.5 Å². The molecule has 0 fully saturated rings. The fraction of sp³-hybridized carbons (Fsp3) is 0.176. The molecule has 0 aromatic heterocycles. The average molecular weight is 314 g/mol. The van der Waals surface area contributed by atoms with E-state index in [0.29, 0.717) is 28.4 Å². The van der Waals surface area contributed by atoms with Crippen LogP contribution in [0.1, 0.15) is 17.3 Å². The molecule has 0 saturated heterocycles. The fourth-order valence-corrected chi connectivity index (χ4v) is 2.06. The van der Waals surface area contributed by atoms with E-state index in [4.69, 9.17) is 9.47 Å². The van der Waals surface area contributed by atoms with Crippen LogP contribution in [-0.2, 0) is 4.79 Å². The van der Waals surface area contributed by atoms with Gasteiger partial charge >= 0.3 is 0 Å². The predicted octanol–water partition coefficient (Wildman–Crippen LogP) is 2.91. The van der Waals surface area contributed by atoms with Gasteiger partial charge in [0.15, 0.2) is 11.5 Å². The van der Waals surface area contributed by atoms with Crippen molar-refractivity contribution in [3.63, 3.8) is 0 Å². The number of carbonyl (C=O) groups excluding carboxylic acids is 2. The smallest absolute Gasteiger partial charge is 0.255 e. The van der Waals surface area contributed by atoms with E-state index in [2.05, 4.69) is 10.6 Å². The Morgan fingerprint density at radius 3 is 2.04 bits per heavy atom. The molecule has 23 heavy (non-hydrogen) atoms. The van der Waals surface area contributed by atoms with Gasteiger partial charge in [-0.2, -0.15) is 0 Å². The Balaban J connectivity index is 2.24. The molecule has 0 spiro atoms. The topological polar surface area (TPSA) is 76.7 Å². The largest absolute Gasteiger partial charge is 0.493 e. The number of benzene rings is 2. The Kier molecular flexibility index (Phi) is 5.19. The van der Waals surface area contributed by atoms with Crippen molar-refractivity contribution in [1.82, 2.24) is 0 Å². The molecule has 2 rings (SSSR count). The molecule has 2 aromatic rings. The van der Waals surface area contributed by atoms with Crippen molar-refractivity contribution in [2.75, 3.05) is 24.9 Å². The molecular weight excluding hydrogens is 296 g/mol. The number of rotatable bonds is 5. The van der Waals surface area contributed by atoms with Gasteiger partial charge in [0.25, 0.3) is 5.91 Å². The summed E-state index contributed by atoms with van der Waals surface area (Å²) < 4.78 is 10.3. The Bertz CT molecular complexity index is 728. The fourth-order valence-electron chi connectivity index (χ4n) is 2.06. The van der Waals surface area contributed by atoms with Crippen molar-refractivity contribution < 1.29 is 19.1 Å². The molecule has 0 aliphatic rings. The van der Waals surface area contributed by atoms with E-state index < -0.39 is 0 Å². The number of hydrogen-bond donors (Lipinski definition) is 2. The van der Waals surface area contributed by atoms with Crippen LogP contribution in [0.25, 0.3) is 0 Å². The van der Waals surface area contributed by atoms with Crippen LogP contribution >= 0.6 is 0 Å². The van der Waals surface area contributed by atoms with E-state index >= 15 is 0 Å². The Hall–Kier alpha value is -3.02. The molecule has 6 nitrogen and oxygen atoms in total. The first-order valence-corrected chi connectivity index (χ1v) is 6.95. The van der Waals surface area contributed by atoms with Gasteiger partial charge in [-0.25, -0.2) is 0 Å². The molecule has 2 amide bonds. The highest BCUT2D eigenvalue weighted by atomic mass is 16.5. The van der Waals surface area contributed by atoms with Crippen LogP contribution in [0.2, 0.25) is 0 Å². The van der Waals surface area contributed by atoms with E-state index in [-0.39, 0.29) is 11.8 Å². The lowest BCUT2D eigenvalue weighted by molar-refractivity contribution is -0.114. The number of ether oxygens (including phenoxy) is 2. The van der Waals surface area contributed by atoms with E-state index in [1.807, 2.05) is 0 Å². The molecule has 120 valence electrons. The second-order valence-electron chi connectivity index (χ2n) is 4.75. The lowest BCUT2D eigenvalue weighted by Crippen LogP contribution is -2.15. The molecule has 2 N–H and O–H groups in total. The Labute approximate surface area is 134 Å². The summed E-state index contributed by atoms with van der Waals surface area (Å²) in [6.07, 6.45) is 0. The molecule has 2 aromatic carbocycles. The van der Waals surface area contributed by atoms with Gasteiger partial charge in [0.05, 0.1) is 25.6 Å². The van der Waals surface area contributed by atoms with Gasteiger partial charge in [0.2, 0.25) is 5.91 Å². The summed E-state index contributed by atoms with van der Waals surface area (Å²) in [6, 6.07) is 11.9. The third-order valence-electron chi connectivity index (χ3n) is 3.13. The van der Waals surface area contributed by atoms with Gasteiger partial charge in [-0.15, -0.1) is 0 Å². The summed E-state index contributed by atoms with van der Waals surface area (Å²) in [5.41, 5.74) is 1.47. The Morgan fingerprint density at radius 1 is 0.870 bits per heavy atom. The minimum atomic E-state index is -0.316. The molecule has 0 radical (unpaired) electrons. The summed E-state index contributed by atoms with van der Waals surface area (Å²) >= 11 is 0. The summed E-state index contributed by atoms with van der Waals surface area (Å²) in [6.45, 7) is 1.41. The van der Waals surface area contributed by atoms with Crippen molar-refractivity contribution in [2.24, 2.45) is 0 Å². The van der Waals surface area contributed by atoms with Crippen LogP contribution in [0.5, 0.6) is 11.5 Å². The molecule has 0 heterocycles. The lowest BCUT2D eigenvalue weighted by atomic mass is 10.1. The summed E-state index contributed by atoms with van der Waals surface area (Å²) in [7, 11) is 3.03. The van der Waals surface area contributed by atoms with Crippen molar-refractivity contribution in [1.29, 1.82) is 0 Å². The first-order valence-electron chi connectivity index (χ1n) is 6.95. The number of anilines is 2. The third kappa shape index (κ3) is 4.00. The molecule has 0 aliphatic carbocycles. The molecule has 0 atom stereocenters. The molecular formula is C17H18N2O4. The highest BCUT2D eigenvalue weighted by Crippen LogP contribution is 2.28.